The second-order valence-electron chi connectivity index (χ2n) is 4.66. The molecular formula is C16H11BrO2. The normalized spacial score (nSPS) is 17.6. The lowest BCUT2D eigenvalue weighted by atomic mass is 9.93. The van der Waals surface area contributed by atoms with Crippen molar-refractivity contribution in [2.45, 2.75) is 12.3 Å². The molecule has 1 unspecified atom stereocenters. The third-order valence-electron chi connectivity index (χ3n) is 3.47. The molecule has 3 heteroatoms. The maximum atomic E-state index is 12.1. The Balaban J connectivity index is 1.95. The number of Topliss-reactive ketones (excluding diaryl/α,β-unsaturated/α-hetero) is 2. The van der Waals surface area contributed by atoms with Crippen molar-refractivity contribution in [3.8, 4) is 0 Å². The minimum absolute atomic E-state index is 0.288. The minimum Gasteiger partial charge on any atom is -0.290 e. The van der Waals surface area contributed by atoms with E-state index < -0.39 is 0 Å². The van der Waals surface area contributed by atoms with Crippen molar-refractivity contribution in [2.75, 3.05) is 0 Å². The first-order chi connectivity index (χ1) is 9.16. The summed E-state index contributed by atoms with van der Waals surface area (Å²) in [5.41, 5.74) is 2.49. The highest BCUT2D eigenvalue weighted by atomic mass is 79.9. The summed E-state index contributed by atoms with van der Waals surface area (Å²) >= 11 is 3.38. The predicted molar refractivity (Wildman–Crippen MR) is 76.4 cm³/mol. The first-order valence-corrected chi connectivity index (χ1v) is 6.88. The van der Waals surface area contributed by atoms with Crippen LogP contribution in [0.4, 0.5) is 0 Å². The Labute approximate surface area is 119 Å². The average molecular weight is 315 g/mol. The van der Waals surface area contributed by atoms with Gasteiger partial charge in [0.1, 0.15) is 0 Å². The fourth-order valence-corrected chi connectivity index (χ4v) is 2.76. The molecule has 0 fully saturated rings. The Morgan fingerprint density at radius 1 is 0.947 bits per heavy atom. The molecule has 0 heterocycles. The van der Waals surface area contributed by atoms with Crippen molar-refractivity contribution in [3.05, 3.63) is 69.7 Å². The maximum absolute atomic E-state index is 12.1. The van der Waals surface area contributed by atoms with E-state index in [-0.39, 0.29) is 17.5 Å². The van der Waals surface area contributed by atoms with Crippen LogP contribution in [0, 0.1) is 0 Å². The molecule has 1 aliphatic carbocycles. The van der Waals surface area contributed by atoms with Gasteiger partial charge in [0.15, 0.2) is 0 Å². The summed E-state index contributed by atoms with van der Waals surface area (Å²) in [6, 6.07) is 15.1. The highest BCUT2D eigenvalue weighted by molar-refractivity contribution is 9.10. The third-order valence-corrected chi connectivity index (χ3v) is 4.00. The Hall–Kier alpha value is -1.74. The molecule has 0 radical (unpaired) electrons. The van der Waals surface area contributed by atoms with E-state index in [0.29, 0.717) is 12.0 Å². The zero-order valence-corrected chi connectivity index (χ0v) is 11.7. The molecule has 94 valence electrons. The third kappa shape index (κ3) is 2.15. The summed E-state index contributed by atoms with van der Waals surface area (Å²) in [5.74, 6) is -0.966. The van der Waals surface area contributed by atoms with Gasteiger partial charge in [0.05, 0.1) is 5.92 Å². The van der Waals surface area contributed by atoms with E-state index in [1.54, 1.807) is 12.1 Å². The van der Waals surface area contributed by atoms with Crippen LogP contribution in [0.25, 0.3) is 0 Å². The Morgan fingerprint density at radius 3 is 2.37 bits per heavy atom. The van der Waals surface area contributed by atoms with E-state index in [9.17, 15) is 9.59 Å². The summed E-state index contributed by atoms with van der Waals surface area (Å²) < 4.78 is 1.01. The van der Waals surface area contributed by atoms with Crippen molar-refractivity contribution in [2.24, 2.45) is 0 Å². The number of fused-ring (bicyclic) bond motifs is 1. The number of carbonyl (C=O) groups is 2. The van der Waals surface area contributed by atoms with Gasteiger partial charge in [-0.05, 0) is 29.7 Å². The summed E-state index contributed by atoms with van der Waals surface area (Å²) in [6.45, 7) is 0. The number of hydrogen-bond donors (Lipinski definition) is 0. The number of carbonyl (C=O) groups excluding carboxylic acids is 2. The maximum Gasteiger partial charge on any atom is 0.229 e. The largest absolute Gasteiger partial charge is 0.290 e. The molecule has 2 aromatic carbocycles. The van der Waals surface area contributed by atoms with Gasteiger partial charge >= 0.3 is 0 Å². The molecule has 0 saturated heterocycles. The second-order valence-corrected chi connectivity index (χ2v) is 5.58. The van der Waals surface area contributed by atoms with Crippen molar-refractivity contribution in [1.82, 2.24) is 0 Å². The van der Waals surface area contributed by atoms with E-state index >= 15 is 0 Å². The van der Waals surface area contributed by atoms with E-state index in [0.717, 1.165) is 15.6 Å². The average Bonchev–Trinajstić information content (AvgIpc) is 2.67. The SMILES string of the molecule is O=C1C(=O)C(Cc2ccc(Br)cc2)c2ccccc21. The van der Waals surface area contributed by atoms with Gasteiger partial charge in [0.2, 0.25) is 11.6 Å². The van der Waals surface area contributed by atoms with Crippen LogP contribution in [0.5, 0.6) is 0 Å². The number of halogens is 1. The van der Waals surface area contributed by atoms with Gasteiger partial charge in [-0.2, -0.15) is 0 Å². The standard InChI is InChI=1S/C16H11BrO2/c17-11-7-5-10(6-8-11)9-14-12-3-1-2-4-13(12)15(18)16(14)19/h1-8,14H,9H2. The molecule has 0 saturated carbocycles. The lowest BCUT2D eigenvalue weighted by Gasteiger charge is -2.09. The molecule has 0 aromatic heterocycles. The van der Waals surface area contributed by atoms with Crippen molar-refractivity contribution < 1.29 is 9.59 Å². The summed E-state index contributed by atoms with van der Waals surface area (Å²) in [7, 11) is 0. The van der Waals surface area contributed by atoms with Gasteiger partial charge in [-0.3, -0.25) is 9.59 Å². The van der Waals surface area contributed by atoms with Gasteiger partial charge < -0.3 is 0 Å². The molecule has 1 atom stereocenters. The molecular weight excluding hydrogens is 304 g/mol. The Kier molecular flexibility index (Phi) is 3.07. The van der Waals surface area contributed by atoms with Crippen molar-refractivity contribution in [1.29, 1.82) is 0 Å². The quantitative estimate of drug-likeness (QED) is 0.794. The van der Waals surface area contributed by atoms with Crippen LogP contribution in [0.15, 0.2) is 53.0 Å². The Bertz CT molecular complexity index is 659. The number of ketones is 2. The molecule has 0 spiro atoms. The summed E-state index contributed by atoms with van der Waals surface area (Å²) in [5, 5.41) is 0. The van der Waals surface area contributed by atoms with Crippen LogP contribution in [0.3, 0.4) is 0 Å². The van der Waals surface area contributed by atoms with Crippen LogP contribution in [-0.4, -0.2) is 11.6 Å². The van der Waals surface area contributed by atoms with E-state index in [1.165, 1.54) is 0 Å². The molecule has 1 aliphatic rings. The fourth-order valence-electron chi connectivity index (χ4n) is 2.50. The summed E-state index contributed by atoms with van der Waals surface area (Å²) in [6.07, 6.45) is 0.578. The number of hydrogen-bond acceptors (Lipinski definition) is 2. The molecule has 2 aromatic rings. The first kappa shape index (κ1) is 12.3. The smallest absolute Gasteiger partial charge is 0.229 e. The molecule has 3 rings (SSSR count). The highest BCUT2D eigenvalue weighted by Crippen LogP contribution is 2.33. The van der Waals surface area contributed by atoms with Gasteiger partial charge in [-0.1, -0.05) is 52.3 Å². The summed E-state index contributed by atoms with van der Waals surface area (Å²) in [4.78, 5) is 24.0. The van der Waals surface area contributed by atoms with Gasteiger partial charge in [-0.15, -0.1) is 0 Å². The number of rotatable bonds is 2. The lowest BCUT2D eigenvalue weighted by Crippen LogP contribution is -2.14. The molecule has 19 heavy (non-hydrogen) atoms. The van der Waals surface area contributed by atoms with Gasteiger partial charge in [-0.25, -0.2) is 0 Å². The topological polar surface area (TPSA) is 34.1 Å². The monoisotopic (exact) mass is 314 g/mol. The van der Waals surface area contributed by atoms with E-state index in [2.05, 4.69) is 15.9 Å². The fraction of sp³-hybridized carbons (Fsp3) is 0.125. The minimum atomic E-state index is -0.349. The van der Waals surface area contributed by atoms with Crippen LogP contribution in [0.2, 0.25) is 0 Å². The highest BCUT2D eigenvalue weighted by Gasteiger charge is 2.37. The van der Waals surface area contributed by atoms with E-state index in [1.807, 2.05) is 36.4 Å². The number of benzene rings is 2. The van der Waals surface area contributed by atoms with Crippen LogP contribution in [0.1, 0.15) is 27.4 Å². The zero-order chi connectivity index (χ0) is 13.4. The van der Waals surface area contributed by atoms with E-state index in [4.69, 9.17) is 0 Å². The van der Waals surface area contributed by atoms with Gasteiger partial charge in [0.25, 0.3) is 0 Å². The molecule has 0 bridgehead atoms. The molecule has 0 N–H and O–H groups in total. The van der Waals surface area contributed by atoms with Crippen LogP contribution in [-0.2, 0) is 11.2 Å². The zero-order valence-electron chi connectivity index (χ0n) is 10.1. The molecule has 0 aliphatic heterocycles. The Morgan fingerprint density at radius 2 is 1.63 bits per heavy atom. The molecule has 0 amide bonds. The first-order valence-electron chi connectivity index (χ1n) is 6.09. The van der Waals surface area contributed by atoms with Crippen molar-refractivity contribution >= 4 is 27.5 Å². The second kappa shape index (κ2) is 4.74. The van der Waals surface area contributed by atoms with Crippen LogP contribution >= 0.6 is 15.9 Å². The predicted octanol–water partition coefficient (Wildman–Crippen LogP) is 3.54. The van der Waals surface area contributed by atoms with Gasteiger partial charge in [0, 0.05) is 10.0 Å². The molecule has 2 nitrogen and oxygen atoms in total. The van der Waals surface area contributed by atoms with Crippen molar-refractivity contribution in [3.63, 3.8) is 0 Å². The van der Waals surface area contributed by atoms with Crippen LogP contribution < -0.4 is 0 Å². The lowest BCUT2D eigenvalue weighted by molar-refractivity contribution is -0.115.